The van der Waals surface area contributed by atoms with Gasteiger partial charge in [0.25, 0.3) is 0 Å². The quantitative estimate of drug-likeness (QED) is 0.311. The van der Waals surface area contributed by atoms with E-state index in [1.54, 1.807) is 0 Å². The first-order valence-corrected chi connectivity index (χ1v) is 13.6. The van der Waals surface area contributed by atoms with E-state index in [4.69, 9.17) is 14.0 Å². The first-order valence-electron chi connectivity index (χ1n) is 13.6. The van der Waals surface area contributed by atoms with Crippen molar-refractivity contribution in [3.8, 4) is 0 Å². The molecular weight excluding hydrogens is 449 g/mol. The van der Waals surface area contributed by atoms with Crippen LogP contribution in [0.1, 0.15) is 94.1 Å². The Morgan fingerprint density at radius 1 is 1.03 bits per heavy atom. The number of hydrogen-bond donors (Lipinski definition) is 0. The van der Waals surface area contributed by atoms with Crippen LogP contribution >= 0.6 is 0 Å². The highest BCUT2D eigenvalue weighted by molar-refractivity contribution is 6.49. The molecule has 2 fully saturated rings. The molecule has 6 heteroatoms. The second-order valence-electron chi connectivity index (χ2n) is 13.8. The van der Waals surface area contributed by atoms with E-state index >= 15 is 0 Å². The number of nitrogens with zero attached hydrogens (tertiary/aromatic N) is 1. The average Bonchev–Trinajstić information content (AvgIpc) is 3.00. The zero-order valence-electron chi connectivity index (χ0n) is 24.1. The van der Waals surface area contributed by atoms with Crippen molar-refractivity contribution in [3.63, 3.8) is 0 Å². The fraction of sp³-hybridized carbons (Fsp3) is 0.700. The number of amides is 1. The molecule has 1 heterocycles. The molecule has 4 aliphatic rings. The first-order chi connectivity index (χ1) is 16.5. The molecule has 1 amide bonds. The molecule has 198 valence electrons. The molecule has 1 saturated carbocycles. The summed E-state index contributed by atoms with van der Waals surface area (Å²) < 4.78 is 19.2. The van der Waals surface area contributed by atoms with Crippen LogP contribution in [0.5, 0.6) is 0 Å². The SMILES string of the molecule is CC(C)(C)OC(=O)N(CCC1=CC[C@H]2C[C@@H]1C2(C)C)[C@@](C)(B1OC(C)(C)C(C)(C)O1)c1ccccc1. The summed E-state index contributed by atoms with van der Waals surface area (Å²) in [5, 5.41) is 0. The monoisotopic (exact) mass is 495 g/mol. The second-order valence-corrected chi connectivity index (χ2v) is 13.8. The highest BCUT2D eigenvalue weighted by atomic mass is 16.7. The molecule has 0 aromatic heterocycles. The summed E-state index contributed by atoms with van der Waals surface area (Å²) in [5.74, 6) is 1.38. The fourth-order valence-electron chi connectivity index (χ4n) is 6.10. The maximum atomic E-state index is 13.9. The summed E-state index contributed by atoms with van der Waals surface area (Å²) in [6.07, 6.45) is 5.30. The van der Waals surface area contributed by atoms with E-state index in [9.17, 15) is 4.79 Å². The van der Waals surface area contributed by atoms with Gasteiger partial charge in [0.1, 0.15) is 11.0 Å². The van der Waals surface area contributed by atoms with Gasteiger partial charge in [0, 0.05) is 6.54 Å². The Hall–Kier alpha value is -1.79. The topological polar surface area (TPSA) is 48.0 Å². The fourth-order valence-corrected chi connectivity index (χ4v) is 6.10. The van der Waals surface area contributed by atoms with Crippen molar-refractivity contribution in [2.75, 3.05) is 6.54 Å². The number of fused-ring (bicyclic) bond motifs is 1. The summed E-state index contributed by atoms with van der Waals surface area (Å²) in [4.78, 5) is 15.8. The molecule has 0 spiro atoms. The smallest absolute Gasteiger partial charge is 0.444 e. The normalized spacial score (nSPS) is 27.5. The van der Waals surface area contributed by atoms with Crippen LogP contribution in [-0.2, 0) is 19.5 Å². The van der Waals surface area contributed by atoms with Gasteiger partial charge in [-0.1, -0.05) is 55.8 Å². The zero-order valence-corrected chi connectivity index (χ0v) is 24.1. The number of allylic oxidation sites excluding steroid dienone is 1. The van der Waals surface area contributed by atoms with Gasteiger partial charge in [-0.3, -0.25) is 4.90 Å². The van der Waals surface area contributed by atoms with Crippen LogP contribution < -0.4 is 0 Å². The van der Waals surface area contributed by atoms with Crippen molar-refractivity contribution in [2.24, 2.45) is 17.3 Å². The third-order valence-corrected chi connectivity index (χ3v) is 9.45. The van der Waals surface area contributed by atoms with Crippen LogP contribution in [0.4, 0.5) is 4.79 Å². The number of benzene rings is 1. The van der Waals surface area contributed by atoms with Crippen LogP contribution in [-0.4, -0.2) is 41.5 Å². The molecule has 1 saturated heterocycles. The van der Waals surface area contributed by atoms with Gasteiger partial charge in [-0.2, -0.15) is 0 Å². The maximum absolute atomic E-state index is 13.9. The van der Waals surface area contributed by atoms with Crippen LogP contribution in [0, 0.1) is 17.3 Å². The van der Waals surface area contributed by atoms with Crippen molar-refractivity contribution in [1.82, 2.24) is 4.90 Å². The van der Waals surface area contributed by atoms with Gasteiger partial charge in [0.05, 0.1) is 11.2 Å². The molecule has 36 heavy (non-hydrogen) atoms. The van der Waals surface area contributed by atoms with Crippen molar-refractivity contribution in [3.05, 3.63) is 47.5 Å². The molecule has 1 aromatic carbocycles. The number of rotatable bonds is 6. The lowest BCUT2D eigenvalue weighted by Gasteiger charge is -2.57. The van der Waals surface area contributed by atoms with Gasteiger partial charge in [-0.25, -0.2) is 4.79 Å². The van der Waals surface area contributed by atoms with Gasteiger partial charge in [0.2, 0.25) is 0 Å². The van der Waals surface area contributed by atoms with Gasteiger partial charge in [0.15, 0.2) is 0 Å². The average molecular weight is 496 g/mol. The van der Waals surface area contributed by atoms with Gasteiger partial charge < -0.3 is 14.0 Å². The molecule has 3 atom stereocenters. The minimum atomic E-state index is -0.887. The lowest BCUT2D eigenvalue weighted by molar-refractivity contribution is -0.0126. The second kappa shape index (κ2) is 8.91. The van der Waals surface area contributed by atoms with Crippen LogP contribution in [0.15, 0.2) is 42.0 Å². The summed E-state index contributed by atoms with van der Waals surface area (Å²) in [6.45, 7) is 21.3. The predicted octanol–water partition coefficient (Wildman–Crippen LogP) is 7.15. The standard InChI is InChI=1S/C30H46BNO4/c1-26(2,3)34-25(33)32(19-18-21-16-17-23-20-24(21)27(23,4)5)30(10,22-14-12-11-13-15-22)31-35-28(6,7)29(8,9)36-31/h11-16,23-24H,17-20H2,1-10H3/t23-,24-,30+/m0/s1. The Kier molecular flexibility index (Phi) is 6.74. The largest absolute Gasteiger partial charge is 0.490 e. The Balaban J connectivity index is 1.73. The Morgan fingerprint density at radius 2 is 1.61 bits per heavy atom. The molecule has 0 unspecified atom stereocenters. The Morgan fingerprint density at radius 3 is 2.11 bits per heavy atom. The highest BCUT2D eigenvalue weighted by Crippen LogP contribution is 2.60. The van der Waals surface area contributed by atoms with E-state index in [1.807, 2.05) is 43.9 Å². The minimum absolute atomic E-state index is 0.342. The molecule has 0 radical (unpaired) electrons. The first kappa shape index (κ1) is 27.3. The van der Waals surface area contributed by atoms with Gasteiger partial charge in [-0.05, 0) is 97.5 Å². The van der Waals surface area contributed by atoms with Gasteiger partial charge in [-0.15, -0.1) is 0 Å². The van der Waals surface area contributed by atoms with Crippen LogP contribution in [0.3, 0.4) is 0 Å². The highest BCUT2D eigenvalue weighted by Gasteiger charge is 2.62. The van der Waals surface area contributed by atoms with Crippen molar-refractivity contribution >= 4 is 13.2 Å². The molecule has 3 aliphatic carbocycles. The van der Waals surface area contributed by atoms with E-state index in [0.29, 0.717) is 17.9 Å². The molecule has 1 aromatic rings. The zero-order chi connectivity index (χ0) is 26.7. The van der Waals surface area contributed by atoms with E-state index in [1.165, 1.54) is 12.0 Å². The van der Waals surface area contributed by atoms with E-state index in [0.717, 1.165) is 24.3 Å². The third-order valence-electron chi connectivity index (χ3n) is 9.45. The van der Waals surface area contributed by atoms with Crippen LogP contribution in [0.25, 0.3) is 0 Å². The molecule has 0 N–H and O–H groups in total. The van der Waals surface area contributed by atoms with Crippen molar-refractivity contribution in [2.45, 2.75) is 111 Å². The van der Waals surface area contributed by atoms with E-state index in [-0.39, 0.29) is 6.09 Å². The number of carbonyl (C=O) groups excluding carboxylic acids is 1. The Bertz CT molecular complexity index is 994. The molecule has 5 rings (SSSR count). The van der Waals surface area contributed by atoms with Crippen molar-refractivity contribution in [1.29, 1.82) is 0 Å². The summed E-state index contributed by atoms with van der Waals surface area (Å²) in [6, 6.07) is 10.1. The van der Waals surface area contributed by atoms with Gasteiger partial charge >= 0.3 is 13.2 Å². The maximum Gasteiger partial charge on any atom is 0.490 e. The third kappa shape index (κ3) is 4.64. The van der Waals surface area contributed by atoms with Crippen molar-refractivity contribution < 1.29 is 18.8 Å². The van der Waals surface area contributed by atoms with E-state index in [2.05, 4.69) is 66.7 Å². The van der Waals surface area contributed by atoms with E-state index < -0.39 is 29.4 Å². The predicted molar refractivity (Wildman–Crippen MR) is 146 cm³/mol. The lowest BCUT2D eigenvalue weighted by atomic mass is 9.48. The lowest BCUT2D eigenvalue weighted by Crippen LogP contribution is -2.59. The molecule has 1 aliphatic heterocycles. The Labute approximate surface area is 219 Å². The summed E-state index contributed by atoms with van der Waals surface area (Å²) in [7, 11) is -0.651. The number of ether oxygens (including phenoxy) is 1. The minimum Gasteiger partial charge on any atom is -0.444 e. The molecule has 2 bridgehead atoms. The summed E-state index contributed by atoms with van der Waals surface area (Å²) in [5.41, 5.74) is 0.234. The number of carbonyl (C=O) groups is 1. The summed E-state index contributed by atoms with van der Waals surface area (Å²) >= 11 is 0. The molecular formula is C30H46BNO4. The van der Waals surface area contributed by atoms with Crippen LogP contribution in [0.2, 0.25) is 0 Å². The number of hydrogen-bond acceptors (Lipinski definition) is 4. The molecule has 5 nitrogen and oxygen atoms in total.